The largest absolute Gasteiger partial charge is 0.351 e. The van der Waals surface area contributed by atoms with Crippen molar-refractivity contribution < 1.29 is 4.79 Å². The van der Waals surface area contributed by atoms with E-state index in [1.807, 2.05) is 90.6 Å². The number of nitrogens with one attached hydrogen (secondary N) is 3. The third kappa shape index (κ3) is 4.69. The zero-order valence-electron chi connectivity index (χ0n) is 18.8. The van der Waals surface area contributed by atoms with Crippen molar-refractivity contribution in [2.45, 2.75) is 13.0 Å². The minimum Gasteiger partial charge on any atom is -0.351 e. The van der Waals surface area contributed by atoms with E-state index in [9.17, 15) is 4.79 Å². The van der Waals surface area contributed by atoms with Gasteiger partial charge in [0.05, 0.1) is 33.7 Å². The van der Waals surface area contributed by atoms with Crippen molar-refractivity contribution in [3.05, 3.63) is 113 Å². The Balaban J connectivity index is 1.62. The van der Waals surface area contributed by atoms with Gasteiger partial charge in [0.1, 0.15) is 0 Å². The van der Waals surface area contributed by atoms with Crippen LogP contribution in [0.1, 0.15) is 18.5 Å². The molecule has 8 heteroatoms. The molecule has 1 aliphatic heterocycles. The van der Waals surface area contributed by atoms with Crippen LogP contribution in [0.4, 0.5) is 5.69 Å². The van der Waals surface area contributed by atoms with Crippen LogP contribution in [0.3, 0.4) is 0 Å². The molecule has 0 saturated heterocycles. The topological polar surface area (TPSA) is 71.0 Å². The molecule has 3 aromatic carbocycles. The molecule has 0 aliphatic carbocycles. The molecule has 174 valence electrons. The van der Waals surface area contributed by atoms with Crippen LogP contribution < -0.4 is 16.0 Å². The number of benzene rings is 3. The summed E-state index contributed by atoms with van der Waals surface area (Å²) in [7, 11) is 0. The molecule has 5 rings (SSSR count). The molecule has 0 saturated carbocycles. The van der Waals surface area contributed by atoms with Gasteiger partial charge in [0.15, 0.2) is 5.11 Å². The first-order valence-electron chi connectivity index (χ1n) is 11.1. The normalized spacial score (nSPS) is 15.4. The van der Waals surface area contributed by atoms with Gasteiger partial charge in [-0.05, 0) is 43.4 Å². The summed E-state index contributed by atoms with van der Waals surface area (Å²) in [5, 5.41) is 15.1. The number of hydrogen-bond acceptors (Lipinski definition) is 3. The van der Waals surface area contributed by atoms with E-state index in [1.165, 1.54) is 0 Å². The summed E-state index contributed by atoms with van der Waals surface area (Å²) < 4.78 is 1.82. The molecule has 0 spiro atoms. The van der Waals surface area contributed by atoms with Crippen molar-refractivity contribution in [3.63, 3.8) is 0 Å². The van der Waals surface area contributed by atoms with Gasteiger partial charge in [-0.2, -0.15) is 5.10 Å². The molecule has 0 radical (unpaired) electrons. The maximum absolute atomic E-state index is 13.6. The molecule has 0 bridgehead atoms. The van der Waals surface area contributed by atoms with Crippen LogP contribution in [0.15, 0.2) is 102 Å². The van der Waals surface area contributed by atoms with Gasteiger partial charge >= 0.3 is 0 Å². The highest BCUT2D eigenvalue weighted by Crippen LogP contribution is 2.35. The molecule has 35 heavy (non-hydrogen) atoms. The Hall–Kier alpha value is -3.94. The van der Waals surface area contributed by atoms with Gasteiger partial charge in [-0.15, -0.1) is 0 Å². The van der Waals surface area contributed by atoms with Crippen LogP contribution in [0.25, 0.3) is 16.9 Å². The second kappa shape index (κ2) is 9.74. The van der Waals surface area contributed by atoms with Crippen molar-refractivity contribution in [3.8, 4) is 16.9 Å². The Morgan fingerprint density at radius 1 is 1.00 bits per heavy atom. The van der Waals surface area contributed by atoms with Crippen molar-refractivity contribution in [1.29, 1.82) is 0 Å². The third-order valence-corrected chi connectivity index (χ3v) is 6.31. The SMILES string of the molecule is CC1=C(C(=O)Nc2ccccc2Cl)C(c2cn(-c3ccccc3)nc2-c2ccccc2)NC(=S)N1. The number of carbonyl (C=O) groups excluding carboxylic acids is 1. The lowest BCUT2D eigenvalue weighted by Crippen LogP contribution is -2.45. The first kappa shape index (κ1) is 22.8. The molecule has 0 fully saturated rings. The van der Waals surface area contributed by atoms with E-state index in [2.05, 4.69) is 16.0 Å². The Labute approximate surface area is 213 Å². The number of halogens is 1. The zero-order chi connectivity index (χ0) is 24.4. The van der Waals surface area contributed by atoms with Gasteiger partial charge in [-0.3, -0.25) is 4.79 Å². The molecule has 3 N–H and O–H groups in total. The van der Waals surface area contributed by atoms with Crippen LogP contribution in [0.5, 0.6) is 0 Å². The smallest absolute Gasteiger partial charge is 0.255 e. The number of carbonyl (C=O) groups is 1. The molecule has 1 amide bonds. The third-order valence-electron chi connectivity index (χ3n) is 5.76. The monoisotopic (exact) mass is 499 g/mol. The molecule has 1 aromatic heterocycles. The molecule has 2 heterocycles. The van der Waals surface area contributed by atoms with Crippen molar-refractivity contribution in [2.75, 3.05) is 5.32 Å². The molecular weight excluding hydrogens is 478 g/mol. The van der Waals surface area contributed by atoms with Gasteiger partial charge in [0.25, 0.3) is 5.91 Å². The Morgan fingerprint density at radius 3 is 2.37 bits per heavy atom. The lowest BCUT2D eigenvalue weighted by Gasteiger charge is -2.30. The average Bonchev–Trinajstić information content (AvgIpc) is 3.31. The van der Waals surface area contributed by atoms with Gasteiger partial charge < -0.3 is 16.0 Å². The van der Waals surface area contributed by atoms with Crippen LogP contribution in [0.2, 0.25) is 5.02 Å². The number of allylic oxidation sites excluding steroid dienone is 1. The van der Waals surface area contributed by atoms with E-state index in [4.69, 9.17) is 28.9 Å². The van der Waals surface area contributed by atoms with E-state index >= 15 is 0 Å². The fourth-order valence-electron chi connectivity index (χ4n) is 4.11. The summed E-state index contributed by atoms with van der Waals surface area (Å²) in [4.78, 5) is 13.6. The number of anilines is 1. The fourth-order valence-corrected chi connectivity index (χ4v) is 4.57. The van der Waals surface area contributed by atoms with Crippen LogP contribution in [-0.4, -0.2) is 20.8 Å². The first-order valence-corrected chi connectivity index (χ1v) is 11.8. The zero-order valence-corrected chi connectivity index (χ0v) is 20.4. The summed E-state index contributed by atoms with van der Waals surface area (Å²) in [6.45, 7) is 1.84. The Bertz CT molecular complexity index is 1430. The maximum Gasteiger partial charge on any atom is 0.255 e. The molecule has 6 nitrogen and oxygen atoms in total. The van der Waals surface area contributed by atoms with Gasteiger partial charge in [0.2, 0.25) is 0 Å². The highest BCUT2D eigenvalue weighted by Gasteiger charge is 2.33. The number of rotatable bonds is 5. The van der Waals surface area contributed by atoms with Crippen molar-refractivity contribution in [1.82, 2.24) is 20.4 Å². The number of hydrogen-bond donors (Lipinski definition) is 3. The number of amides is 1. The maximum atomic E-state index is 13.6. The number of thiocarbonyl (C=S) groups is 1. The van der Waals surface area contributed by atoms with Gasteiger partial charge in [-0.1, -0.05) is 72.3 Å². The highest BCUT2D eigenvalue weighted by atomic mass is 35.5. The van der Waals surface area contributed by atoms with E-state index in [1.54, 1.807) is 12.1 Å². The quantitative estimate of drug-likeness (QED) is 0.311. The Morgan fingerprint density at radius 2 is 1.66 bits per heavy atom. The van der Waals surface area contributed by atoms with Gasteiger partial charge in [-0.25, -0.2) is 4.68 Å². The second-order valence-electron chi connectivity index (χ2n) is 8.08. The van der Waals surface area contributed by atoms with E-state index in [-0.39, 0.29) is 5.91 Å². The standard InChI is InChI=1S/C27H22ClN5OS/c1-17-23(26(34)30-22-15-9-8-14-21(22)28)25(31-27(35)29-17)20-16-33(19-12-6-3-7-13-19)32-24(20)18-10-4-2-5-11-18/h2-16,25H,1H3,(H,30,34)(H2,29,31,35). The van der Waals surface area contributed by atoms with Crippen molar-refractivity contribution in [2.24, 2.45) is 0 Å². The predicted molar refractivity (Wildman–Crippen MR) is 143 cm³/mol. The van der Waals surface area contributed by atoms with E-state index in [0.717, 1.165) is 22.5 Å². The molecule has 4 aromatic rings. The average molecular weight is 500 g/mol. The minimum atomic E-state index is -0.529. The second-order valence-corrected chi connectivity index (χ2v) is 8.90. The van der Waals surface area contributed by atoms with E-state index < -0.39 is 6.04 Å². The lowest BCUT2D eigenvalue weighted by atomic mass is 9.93. The Kier molecular flexibility index (Phi) is 6.35. The van der Waals surface area contributed by atoms with Crippen LogP contribution >= 0.6 is 23.8 Å². The number of para-hydroxylation sites is 2. The molecular formula is C27H22ClN5OS. The van der Waals surface area contributed by atoms with Crippen LogP contribution in [-0.2, 0) is 4.79 Å². The lowest BCUT2D eigenvalue weighted by molar-refractivity contribution is -0.113. The minimum absolute atomic E-state index is 0.283. The summed E-state index contributed by atoms with van der Waals surface area (Å²) in [5.41, 5.74) is 5.13. The predicted octanol–water partition coefficient (Wildman–Crippen LogP) is 5.62. The van der Waals surface area contributed by atoms with Gasteiger partial charge in [0, 0.05) is 23.0 Å². The fraction of sp³-hybridized carbons (Fsp3) is 0.0741. The molecule has 1 unspecified atom stereocenters. The van der Waals surface area contributed by atoms with Crippen LogP contribution in [0, 0.1) is 0 Å². The van der Waals surface area contributed by atoms with Crippen molar-refractivity contribution >= 4 is 40.5 Å². The van der Waals surface area contributed by atoms with E-state index in [0.29, 0.717) is 27.1 Å². The number of aromatic nitrogens is 2. The summed E-state index contributed by atoms with van der Waals surface area (Å²) in [6.07, 6.45) is 1.94. The molecule has 1 aliphatic rings. The molecule has 1 atom stereocenters. The first-order chi connectivity index (χ1) is 17.0. The number of nitrogens with zero attached hydrogens (tertiary/aromatic N) is 2. The summed E-state index contributed by atoms with van der Waals surface area (Å²) in [6, 6.07) is 26.4. The summed E-state index contributed by atoms with van der Waals surface area (Å²) in [5.74, 6) is -0.283. The highest BCUT2D eigenvalue weighted by molar-refractivity contribution is 7.80. The summed E-state index contributed by atoms with van der Waals surface area (Å²) >= 11 is 11.8.